The molecule has 1 N–H and O–H groups in total. The SMILES string of the molecule is CCCn1ccnc1Cc1ccc(CNCC)cc1C. The fourth-order valence-electron chi connectivity index (χ4n) is 2.46. The molecule has 0 spiro atoms. The number of rotatable bonds is 7. The van der Waals surface area contributed by atoms with Crippen LogP contribution in [0.3, 0.4) is 0 Å². The molecule has 0 fully saturated rings. The lowest BCUT2D eigenvalue weighted by Gasteiger charge is -2.10. The molecule has 0 amide bonds. The lowest BCUT2D eigenvalue weighted by atomic mass is 10.0. The van der Waals surface area contributed by atoms with Crippen LogP contribution in [-0.4, -0.2) is 16.1 Å². The molecule has 1 heterocycles. The maximum atomic E-state index is 4.49. The van der Waals surface area contributed by atoms with E-state index in [-0.39, 0.29) is 0 Å². The molecule has 0 unspecified atom stereocenters. The van der Waals surface area contributed by atoms with Crippen LogP contribution in [0.2, 0.25) is 0 Å². The summed E-state index contributed by atoms with van der Waals surface area (Å²) in [4.78, 5) is 4.49. The van der Waals surface area contributed by atoms with E-state index in [1.54, 1.807) is 0 Å². The normalized spacial score (nSPS) is 10.9. The molecule has 3 heteroatoms. The third kappa shape index (κ3) is 3.70. The lowest BCUT2D eigenvalue weighted by molar-refractivity contribution is 0.646. The molecule has 20 heavy (non-hydrogen) atoms. The van der Waals surface area contributed by atoms with Gasteiger partial charge in [-0.2, -0.15) is 0 Å². The van der Waals surface area contributed by atoms with Gasteiger partial charge in [-0.3, -0.25) is 0 Å². The number of aryl methyl sites for hydroxylation is 2. The lowest BCUT2D eigenvalue weighted by Crippen LogP contribution is -2.12. The second-order valence-electron chi connectivity index (χ2n) is 5.25. The fourth-order valence-corrected chi connectivity index (χ4v) is 2.46. The van der Waals surface area contributed by atoms with Crippen molar-refractivity contribution in [3.8, 4) is 0 Å². The molecule has 0 atom stereocenters. The van der Waals surface area contributed by atoms with Gasteiger partial charge in [-0.05, 0) is 36.6 Å². The Labute approximate surface area is 122 Å². The number of hydrogen-bond donors (Lipinski definition) is 1. The van der Waals surface area contributed by atoms with Gasteiger partial charge < -0.3 is 9.88 Å². The van der Waals surface area contributed by atoms with Gasteiger partial charge in [-0.1, -0.05) is 32.0 Å². The third-order valence-electron chi connectivity index (χ3n) is 3.60. The minimum atomic E-state index is 0.917. The van der Waals surface area contributed by atoms with Gasteiger partial charge in [0, 0.05) is 31.9 Å². The number of nitrogens with zero attached hydrogens (tertiary/aromatic N) is 2. The minimum absolute atomic E-state index is 0.917. The Bertz CT molecular complexity index is 543. The number of benzene rings is 1. The molecule has 2 rings (SSSR count). The Morgan fingerprint density at radius 3 is 2.80 bits per heavy atom. The van der Waals surface area contributed by atoms with E-state index in [4.69, 9.17) is 0 Å². The first kappa shape index (κ1) is 14.8. The summed E-state index contributed by atoms with van der Waals surface area (Å²) in [5, 5.41) is 3.37. The summed E-state index contributed by atoms with van der Waals surface area (Å²) in [6.07, 6.45) is 6.04. The summed E-state index contributed by atoms with van der Waals surface area (Å²) in [5.74, 6) is 1.16. The third-order valence-corrected chi connectivity index (χ3v) is 3.60. The molecular weight excluding hydrogens is 246 g/mol. The molecule has 0 aliphatic heterocycles. The van der Waals surface area contributed by atoms with Crippen LogP contribution in [0.25, 0.3) is 0 Å². The van der Waals surface area contributed by atoms with Crippen molar-refractivity contribution in [3.05, 3.63) is 53.1 Å². The van der Waals surface area contributed by atoms with Gasteiger partial charge in [0.05, 0.1) is 0 Å². The van der Waals surface area contributed by atoms with E-state index in [0.717, 1.165) is 38.3 Å². The second-order valence-corrected chi connectivity index (χ2v) is 5.25. The van der Waals surface area contributed by atoms with Crippen LogP contribution in [0, 0.1) is 6.92 Å². The predicted molar refractivity (Wildman–Crippen MR) is 83.9 cm³/mol. The van der Waals surface area contributed by atoms with Crippen LogP contribution in [0.5, 0.6) is 0 Å². The van der Waals surface area contributed by atoms with Crippen molar-refractivity contribution >= 4 is 0 Å². The second kappa shape index (κ2) is 7.25. The van der Waals surface area contributed by atoms with Crippen molar-refractivity contribution < 1.29 is 0 Å². The van der Waals surface area contributed by atoms with E-state index < -0.39 is 0 Å². The van der Waals surface area contributed by atoms with Crippen molar-refractivity contribution in [2.24, 2.45) is 0 Å². The van der Waals surface area contributed by atoms with Crippen molar-refractivity contribution in [2.75, 3.05) is 6.54 Å². The largest absolute Gasteiger partial charge is 0.335 e. The van der Waals surface area contributed by atoms with Crippen molar-refractivity contribution in [1.82, 2.24) is 14.9 Å². The first-order chi connectivity index (χ1) is 9.74. The molecule has 0 aliphatic rings. The van der Waals surface area contributed by atoms with Gasteiger partial charge in [0.25, 0.3) is 0 Å². The highest BCUT2D eigenvalue weighted by Crippen LogP contribution is 2.15. The monoisotopic (exact) mass is 271 g/mol. The van der Waals surface area contributed by atoms with Gasteiger partial charge in [0.15, 0.2) is 0 Å². The first-order valence-electron chi connectivity index (χ1n) is 7.53. The van der Waals surface area contributed by atoms with Crippen LogP contribution in [0.1, 0.15) is 42.8 Å². The zero-order valence-electron chi connectivity index (χ0n) is 12.8. The highest BCUT2D eigenvalue weighted by Gasteiger charge is 2.06. The molecule has 2 aromatic rings. The Morgan fingerprint density at radius 1 is 1.25 bits per heavy atom. The molecule has 108 valence electrons. The average molecular weight is 271 g/mol. The van der Waals surface area contributed by atoms with Crippen LogP contribution < -0.4 is 5.32 Å². The Balaban J connectivity index is 2.11. The first-order valence-corrected chi connectivity index (χ1v) is 7.53. The molecule has 0 bridgehead atoms. The summed E-state index contributed by atoms with van der Waals surface area (Å²) in [5.41, 5.74) is 4.07. The smallest absolute Gasteiger partial charge is 0.113 e. The molecule has 0 saturated carbocycles. The fraction of sp³-hybridized carbons (Fsp3) is 0.471. The number of hydrogen-bond acceptors (Lipinski definition) is 2. The zero-order valence-corrected chi connectivity index (χ0v) is 12.8. The Morgan fingerprint density at radius 2 is 2.10 bits per heavy atom. The maximum absolute atomic E-state index is 4.49. The predicted octanol–water partition coefficient (Wildman–Crippen LogP) is 3.30. The van der Waals surface area contributed by atoms with E-state index in [1.165, 1.54) is 16.7 Å². The van der Waals surface area contributed by atoms with E-state index in [0.29, 0.717) is 0 Å². The van der Waals surface area contributed by atoms with E-state index in [1.807, 2.05) is 6.20 Å². The average Bonchev–Trinajstić information content (AvgIpc) is 2.87. The zero-order chi connectivity index (χ0) is 14.4. The topological polar surface area (TPSA) is 29.9 Å². The summed E-state index contributed by atoms with van der Waals surface area (Å²) in [6.45, 7) is 9.53. The van der Waals surface area contributed by atoms with Crippen LogP contribution in [-0.2, 0) is 19.5 Å². The van der Waals surface area contributed by atoms with Crippen LogP contribution in [0.4, 0.5) is 0 Å². The highest BCUT2D eigenvalue weighted by atomic mass is 15.1. The molecule has 0 radical (unpaired) electrons. The quantitative estimate of drug-likeness (QED) is 0.837. The number of nitrogens with one attached hydrogen (secondary N) is 1. The highest BCUT2D eigenvalue weighted by molar-refractivity contribution is 5.33. The van der Waals surface area contributed by atoms with E-state index >= 15 is 0 Å². The molecule has 0 aliphatic carbocycles. The van der Waals surface area contributed by atoms with Crippen LogP contribution >= 0.6 is 0 Å². The van der Waals surface area contributed by atoms with Gasteiger partial charge >= 0.3 is 0 Å². The van der Waals surface area contributed by atoms with Crippen LogP contribution in [0.15, 0.2) is 30.6 Å². The van der Waals surface area contributed by atoms with Crippen molar-refractivity contribution in [2.45, 2.75) is 46.7 Å². The van der Waals surface area contributed by atoms with E-state index in [2.05, 4.69) is 60.0 Å². The molecule has 0 saturated heterocycles. The molecule has 1 aromatic heterocycles. The summed E-state index contributed by atoms with van der Waals surface area (Å²) in [7, 11) is 0. The number of imidazole rings is 1. The van der Waals surface area contributed by atoms with Crippen molar-refractivity contribution in [3.63, 3.8) is 0 Å². The van der Waals surface area contributed by atoms with Gasteiger partial charge in [-0.15, -0.1) is 0 Å². The number of aromatic nitrogens is 2. The Hall–Kier alpha value is -1.61. The minimum Gasteiger partial charge on any atom is -0.335 e. The van der Waals surface area contributed by atoms with Crippen molar-refractivity contribution in [1.29, 1.82) is 0 Å². The summed E-state index contributed by atoms with van der Waals surface area (Å²) >= 11 is 0. The summed E-state index contributed by atoms with van der Waals surface area (Å²) in [6, 6.07) is 6.75. The maximum Gasteiger partial charge on any atom is 0.113 e. The standard InChI is InChI=1S/C17H25N3/c1-4-9-20-10-8-19-17(20)12-16-7-6-15(11-14(16)3)13-18-5-2/h6-8,10-11,18H,4-5,9,12-13H2,1-3H3. The summed E-state index contributed by atoms with van der Waals surface area (Å²) < 4.78 is 2.26. The van der Waals surface area contributed by atoms with Gasteiger partial charge in [0.1, 0.15) is 5.82 Å². The molecule has 3 nitrogen and oxygen atoms in total. The molecular formula is C17H25N3. The van der Waals surface area contributed by atoms with Gasteiger partial charge in [0.2, 0.25) is 0 Å². The van der Waals surface area contributed by atoms with E-state index in [9.17, 15) is 0 Å². The van der Waals surface area contributed by atoms with Gasteiger partial charge in [-0.25, -0.2) is 4.98 Å². The molecule has 1 aromatic carbocycles. The Kier molecular flexibility index (Phi) is 5.36.